The largest absolute Gasteiger partial charge is 0.444 e. The molecule has 0 radical (unpaired) electrons. The van der Waals surface area contributed by atoms with E-state index in [2.05, 4.69) is 211 Å². The Kier molecular flexibility index (Phi) is 9.03. The Morgan fingerprint density at radius 2 is 1.06 bits per heavy atom. The van der Waals surface area contributed by atoms with Crippen molar-refractivity contribution in [3.05, 3.63) is 136 Å². The molecule has 0 spiro atoms. The molecular formula is C59H69BN2O. The smallest absolute Gasteiger partial charge is 0.256 e. The van der Waals surface area contributed by atoms with E-state index in [1.165, 1.54) is 96.5 Å². The molecule has 0 N–H and O–H groups in total. The summed E-state index contributed by atoms with van der Waals surface area (Å²) in [6, 6.07) is 37.9. The standard InChI is InChI=1S/C59H69BN2O/c1-36-31-40(55(5,6)7)23-26-45(36)62-46-35-43-42(56(8,9)27-28-57(43,10)11)34-44(46)60-50-47(32-38(33-48(50)62)37-19-17-16-18-20-37)61(41-24-21-39(22-25-41)54(2,3)4)53-51(60)49-52(63-53)59(14,15)30-29-58(49,12)13/h16-26,31-35H,27-30H2,1-15H3. The van der Waals surface area contributed by atoms with Gasteiger partial charge in [-0.25, -0.2) is 0 Å². The Morgan fingerprint density at radius 3 is 1.67 bits per heavy atom. The van der Waals surface area contributed by atoms with E-state index < -0.39 is 0 Å². The van der Waals surface area contributed by atoms with Gasteiger partial charge in [0.15, 0.2) is 5.88 Å². The van der Waals surface area contributed by atoms with Gasteiger partial charge in [0.05, 0.1) is 0 Å². The predicted octanol–water partition coefficient (Wildman–Crippen LogP) is 14.6. The number of furan rings is 1. The average Bonchev–Trinajstić information content (AvgIpc) is 3.64. The minimum atomic E-state index is -0.106. The molecule has 1 aromatic heterocycles. The van der Waals surface area contributed by atoms with Gasteiger partial charge in [-0.15, -0.1) is 0 Å². The van der Waals surface area contributed by atoms with Gasteiger partial charge in [-0.3, -0.25) is 4.90 Å². The minimum Gasteiger partial charge on any atom is -0.444 e. The van der Waals surface area contributed by atoms with Gasteiger partial charge < -0.3 is 9.32 Å². The van der Waals surface area contributed by atoms with E-state index in [1.807, 2.05) is 0 Å². The number of hydrogen-bond acceptors (Lipinski definition) is 3. The fourth-order valence-corrected chi connectivity index (χ4v) is 11.7. The van der Waals surface area contributed by atoms with Gasteiger partial charge in [0.2, 0.25) is 0 Å². The van der Waals surface area contributed by atoms with Crippen molar-refractivity contribution in [2.45, 2.75) is 162 Å². The van der Waals surface area contributed by atoms with Crippen LogP contribution in [0.25, 0.3) is 11.1 Å². The van der Waals surface area contributed by atoms with Crippen LogP contribution in [-0.4, -0.2) is 6.71 Å². The number of fused-ring (bicyclic) bond motifs is 7. The highest BCUT2D eigenvalue weighted by Gasteiger charge is 2.53. The molecule has 4 heteroatoms. The zero-order valence-electron chi connectivity index (χ0n) is 40.9. The summed E-state index contributed by atoms with van der Waals surface area (Å²) in [5, 5.41) is 0. The predicted molar refractivity (Wildman–Crippen MR) is 271 cm³/mol. The molecule has 3 heterocycles. The normalized spacial score (nSPS) is 18.9. The summed E-state index contributed by atoms with van der Waals surface area (Å²) in [4.78, 5) is 5.18. The van der Waals surface area contributed by atoms with Gasteiger partial charge in [-0.2, -0.15) is 0 Å². The lowest BCUT2D eigenvalue weighted by atomic mass is 9.32. The molecule has 0 fully saturated rings. The van der Waals surface area contributed by atoms with Gasteiger partial charge in [0, 0.05) is 33.9 Å². The summed E-state index contributed by atoms with van der Waals surface area (Å²) in [7, 11) is 0. The van der Waals surface area contributed by atoms with Crippen LogP contribution in [0.5, 0.6) is 0 Å². The van der Waals surface area contributed by atoms with E-state index in [0.717, 1.165) is 30.2 Å². The molecule has 0 atom stereocenters. The summed E-state index contributed by atoms with van der Waals surface area (Å²) < 4.78 is 7.63. The topological polar surface area (TPSA) is 19.6 Å². The molecule has 0 amide bonds. The van der Waals surface area contributed by atoms with Crippen molar-refractivity contribution < 1.29 is 4.42 Å². The quantitative estimate of drug-likeness (QED) is 0.165. The molecule has 0 saturated carbocycles. The number of aryl methyl sites for hydroxylation is 1. The van der Waals surface area contributed by atoms with Crippen molar-refractivity contribution in [3.8, 4) is 11.1 Å². The van der Waals surface area contributed by atoms with Gasteiger partial charge in [0.25, 0.3) is 6.71 Å². The highest BCUT2D eigenvalue weighted by atomic mass is 16.4. The monoisotopic (exact) mass is 833 g/mol. The van der Waals surface area contributed by atoms with Crippen LogP contribution in [0, 0.1) is 6.92 Å². The number of rotatable bonds is 3. The van der Waals surface area contributed by atoms with Gasteiger partial charge in [-0.05, 0) is 157 Å². The molecular weight excluding hydrogens is 763 g/mol. The maximum Gasteiger partial charge on any atom is 0.256 e. The van der Waals surface area contributed by atoms with Crippen molar-refractivity contribution in [2.24, 2.45) is 0 Å². The molecule has 10 rings (SSSR count). The molecule has 0 unspecified atom stereocenters. The Morgan fingerprint density at radius 1 is 0.508 bits per heavy atom. The first-order valence-corrected chi connectivity index (χ1v) is 23.8. The molecule has 2 aliphatic carbocycles. The van der Waals surface area contributed by atoms with Gasteiger partial charge in [0.1, 0.15) is 5.76 Å². The second-order valence-corrected chi connectivity index (χ2v) is 24.5. The van der Waals surface area contributed by atoms with Crippen molar-refractivity contribution in [1.29, 1.82) is 0 Å². The van der Waals surface area contributed by atoms with E-state index in [-0.39, 0.29) is 39.2 Å². The van der Waals surface area contributed by atoms with E-state index in [0.29, 0.717) is 0 Å². The third kappa shape index (κ3) is 6.42. The van der Waals surface area contributed by atoms with Crippen LogP contribution in [0.3, 0.4) is 0 Å². The fraction of sp³-hybridized carbons (Fsp3) is 0.424. The fourth-order valence-electron chi connectivity index (χ4n) is 11.7. The minimum absolute atomic E-state index is 0.0212. The van der Waals surface area contributed by atoms with Crippen LogP contribution in [-0.2, 0) is 32.5 Å². The molecule has 4 aliphatic rings. The van der Waals surface area contributed by atoms with E-state index in [4.69, 9.17) is 4.42 Å². The molecule has 6 aromatic rings. The number of benzene rings is 5. The van der Waals surface area contributed by atoms with Gasteiger partial charge >= 0.3 is 0 Å². The summed E-state index contributed by atoms with van der Waals surface area (Å²) >= 11 is 0. The SMILES string of the molecule is Cc1cc(C(C)(C)C)ccc1N1c2cc3c(cc2B2c4c1cc(-c1ccccc1)cc4N(c1ccc(C(C)(C)C)cc1)c1oc4c(c12)C(C)(C)CCC4(C)C)C(C)(C)CCC3(C)C. The zero-order chi connectivity index (χ0) is 45.0. The number of nitrogens with zero attached hydrogens (tertiary/aromatic N) is 2. The van der Waals surface area contributed by atoms with Crippen LogP contribution in [0.4, 0.5) is 34.3 Å². The zero-order valence-corrected chi connectivity index (χ0v) is 40.9. The third-order valence-corrected chi connectivity index (χ3v) is 15.9. The van der Waals surface area contributed by atoms with Gasteiger partial charge in [-0.1, -0.05) is 158 Å². The number of anilines is 6. The first-order valence-electron chi connectivity index (χ1n) is 23.8. The molecule has 3 nitrogen and oxygen atoms in total. The van der Waals surface area contributed by atoms with E-state index in [9.17, 15) is 0 Å². The first kappa shape index (κ1) is 42.0. The van der Waals surface area contributed by atoms with Crippen LogP contribution < -0.4 is 26.2 Å². The van der Waals surface area contributed by atoms with Crippen molar-refractivity contribution >= 4 is 57.4 Å². The Bertz CT molecular complexity index is 2820. The second kappa shape index (κ2) is 13.5. The van der Waals surface area contributed by atoms with Crippen LogP contribution in [0.1, 0.15) is 162 Å². The molecule has 0 saturated heterocycles. The number of hydrogen-bond donors (Lipinski definition) is 0. The van der Waals surface area contributed by atoms with Crippen molar-refractivity contribution in [3.63, 3.8) is 0 Å². The third-order valence-electron chi connectivity index (χ3n) is 15.9. The Balaban J connectivity index is 1.39. The second-order valence-electron chi connectivity index (χ2n) is 24.5. The maximum absolute atomic E-state index is 7.63. The highest BCUT2D eigenvalue weighted by molar-refractivity contribution is 7.00. The van der Waals surface area contributed by atoms with Crippen molar-refractivity contribution in [2.75, 3.05) is 9.80 Å². The molecule has 324 valence electrons. The van der Waals surface area contributed by atoms with Crippen LogP contribution in [0.2, 0.25) is 0 Å². The van der Waals surface area contributed by atoms with E-state index >= 15 is 0 Å². The summed E-state index contributed by atoms with van der Waals surface area (Å²) in [5.74, 6) is 2.15. The molecule has 2 aliphatic heterocycles. The Labute approximate surface area is 379 Å². The maximum atomic E-state index is 7.63. The van der Waals surface area contributed by atoms with Crippen LogP contribution in [0.15, 0.2) is 101 Å². The summed E-state index contributed by atoms with van der Waals surface area (Å²) in [5.41, 5.74) is 21.0. The highest BCUT2D eigenvalue weighted by Crippen LogP contribution is 2.55. The molecule has 63 heavy (non-hydrogen) atoms. The molecule has 5 aromatic carbocycles. The molecule has 0 bridgehead atoms. The van der Waals surface area contributed by atoms with Crippen LogP contribution >= 0.6 is 0 Å². The lowest BCUT2D eigenvalue weighted by Gasteiger charge is -2.47. The summed E-state index contributed by atoms with van der Waals surface area (Å²) in [6.45, 7) is 35.9. The average molecular weight is 833 g/mol. The summed E-state index contributed by atoms with van der Waals surface area (Å²) in [6.07, 6.45) is 4.54. The lowest BCUT2D eigenvalue weighted by Crippen LogP contribution is -2.63. The lowest BCUT2D eigenvalue weighted by molar-refractivity contribution is 0.280. The Hall–Kier alpha value is -4.96. The first-order chi connectivity index (χ1) is 29.4. The van der Waals surface area contributed by atoms with E-state index in [1.54, 1.807) is 0 Å². The van der Waals surface area contributed by atoms with Crippen molar-refractivity contribution in [1.82, 2.24) is 0 Å².